The Morgan fingerprint density at radius 3 is 2.59 bits per heavy atom. The van der Waals surface area contributed by atoms with Crippen LogP contribution in [0.4, 0.5) is 4.79 Å². The smallest absolute Gasteiger partial charge is 0.319 e. The molecule has 2 amide bonds. The fourth-order valence-electron chi connectivity index (χ4n) is 3.68. The van der Waals surface area contributed by atoms with Gasteiger partial charge in [0.2, 0.25) is 0 Å². The molecule has 0 aromatic carbocycles. The fraction of sp³-hybridized carbons (Fsp3) is 0.938. The highest BCUT2D eigenvalue weighted by Crippen LogP contribution is 2.40. The van der Waals surface area contributed by atoms with E-state index in [9.17, 15) is 4.79 Å². The first-order valence-corrected chi connectivity index (χ1v) is 8.36. The topological polar surface area (TPSA) is 51.2 Å². The molecule has 22 heavy (non-hydrogen) atoms. The molecule has 6 heteroatoms. The zero-order chi connectivity index (χ0) is 15.6. The quantitative estimate of drug-likeness (QED) is 0.783. The summed E-state index contributed by atoms with van der Waals surface area (Å²) in [7, 11) is 3.58. The van der Waals surface area contributed by atoms with Crippen LogP contribution in [-0.4, -0.2) is 81.7 Å². The number of urea groups is 1. The second-order valence-corrected chi connectivity index (χ2v) is 7.03. The third kappa shape index (κ3) is 3.24. The average Bonchev–Trinajstić information content (AvgIpc) is 2.90. The molecule has 3 aliphatic heterocycles. The monoisotopic (exact) mass is 312 g/mol. The third-order valence-corrected chi connectivity index (χ3v) is 5.18. The number of rotatable bonds is 4. The number of carbonyl (C=O) groups is 1. The Morgan fingerprint density at radius 2 is 1.91 bits per heavy atom. The lowest BCUT2D eigenvalue weighted by Crippen LogP contribution is -2.68. The van der Waals surface area contributed by atoms with E-state index in [4.69, 9.17) is 14.2 Å². The Kier molecular flexibility index (Phi) is 4.90. The van der Waals surface area contributed by atoms with Gasteiger partial charge in [0.15, 0.2) is 0 Å². The highest BCUT2D eigenvalue weighted by Gasteiger charge is 2.54. The summed E-state index contributed by atoms with van der Waals surface area (Å²) in [6.45, 7) is 5.51. The molecule has 3 heterocycles. The van der Waals surface area contributed by atoms with Gasteiger partial charge in [0.25, 0.3) is 0 Å². The molecule has 126 valence electrons. The molecule has 0 N–H and O–H groups in total. The molecule has 3 rings (SSSR count). The van der Waals surface area contributed by atoms with Crippen molar-refractivity contribution in [2.45, 2.75) is 24.9 Å². The van der Waals surface area contributed by atoms with E-state index in [1.54, 1.807) is 19.0 Å². The Bertz CT molecular complexity index is 390. The van der Waals surface area contributed by atoms with Crippen LogP contribution in [0.5, 0.6) is 0 Å². The molecular formula is C16H28N2O4. The van der Waals surface area contributed by atoms with Gasteiger partial charge in [-0.2, -0.15) is 0 Å². The van der Waals surface area contributed by atoms with Crippen LogP contribution in [0.2, 0.25) is 0 Å². The fourth-order valence-corrected chi connectivity index (χ4v) is 3.68. The SMILES string of the molecule is CN(C)C(=O)N1CC2(C1)OCCC2COCC1CCOCC1. The number of hydrogen-bond donors (Lipinski definition) is 0. The van der Waals surface area contributed by atoms with E-state index in [0.717, 1.165) is 52.3 Å². The summed E-state index contributed by atoms with van der Waals surface area (Å²) in [5.74, 6) is 1.05. The molecule has 3 fully saturated rings. The van der Waals surface area contributed by atoms with Crippen molar-refractivity contribution in [3.8, 4) is 0 Å². The van der Waals surface area contributed by atoms with Gasteiger partial charge in [-0.15, -0.1) is 0 Å². The molecule has 0 radical (unpaired) electrons. The molecule has 0 aromatic heterocycles. The van der Waals surface area contributed by atoms with Crippen LogP contribution in [-0.2, 0) is 14.2 Å². The zero-order valence-corrected chi connectivity index (χ0v) is 13.8. The van der Waals surface area contributed by atoms with Crippen LogP contribution in [0.1, 0.15) is 19.3 Å². The lowest BCUT2D eigenvalue weighted by molar-refractivity contribution is -0.130. The summed E-state index contributed by atoms with van der Waals surface area (Å²) in [6.07, 6.45) is 3.26. The standard InChI is InChI=1S/C16H28N2O4/c1-17(2)15(19)18-11-16(12-18)14(5-8-22-16)10-21-9-13-3-6-20-7-4-13/h13-14H,3-12H2,1-2H3. The maximum absolute atomic E-state index is 11.9. The highest BCUT2D eigenvalue weighted by atomic mass is 16.5. The average molecular weight is 312 g/mol. The van der Waals surface area contributed by atoms with Gasteiger partial charge in [-0.3, -0.25) is 0 Å². The summed E-state index contributed by atoms with van der Waals surface area (Å²) in [6, 6.07) is 0.0722. The van der Waals surface area contributed by atoms with Crippen LogP contribution in [0.15, 0.2) is 0 Å². The Hall–Kier alpha value is -0.850. The van der Waals surface area contributed by atoms with E-state index in [1.165, 1.54) is 0 Å². The number of hydrogen-bond acceptors (Lipinski definition) is 4. The van der Waals surface area contributed by atoms with Gasteiger partial charge in [0.05, 0.1) is 19.7 Å². The molecule has 1 unspecified atom stereocenters. The van der Waals surface area contributed by atoms with E-state index >= 15 is 0 Å². The van der Waals surface area contributed by atoms with Crippen molar-refractivity contribution in [1.82, 2.24) is 9.80 Å². The summed E-state index contributed by atoms with van der Waals surface area (Å²) in [5, 5.41) is 0. The first kappa shape index (κ1) is 16.0. The summed E-state index contributed by atoms with van der Waals surface area (Å²) in [4.78, 5) is 15.4. The van der Waals surface area contributed by atoms with Crippen molar-refractivity contribution in [1.29, 1.82) is 0 Å². The van der Waals surface area contributed by atoms with Gasteiger partial charge in [-0.25, -0.2) is 4.79 Å². The molecule has 0 aliphatic carbocycles. The van der Waals surface area contributed by atoms with Gasteiger partial charge in [-0.05, 0) is 25.2 Å². The Balaban J connectivity index is 1.43. The Labute approximate surface area is 132 Å². The first-order chi connectivity index (χ1) is 10.6. The van der Waals surface area contributed by atoms with E-state index in [1.807, 2.05) is 4.90 Å². The molecule has 0 saturated carbocycles. The first-order valence-electron chi connectivity index (χ1n) is 8.36. The molecule has 6 nitrogen and oxygen atoms in total. The van der Waals surface area contributed by atoms with Gasteiger partial charge < -0.3 is 24.0 Å². The lowest BCUT2D eigenvalue weighted by Gasteiger charge is -2.50. The van der Waals surface area contributed by atoms with Gasteiger partial charge in [-0.1, -0.05) is 0 Å². The van der Waals surface area contributed by atoms with Gasteiger partial charge >= 0.3 is 6.03 Å². The van der Waals surface area contributed by atoms with Crippen LogP contribution in [0.3, 0.4) is 0 Å². The summed E-state index contributed by atoms with van der Waals surface area (Å²) in [5.41, 5.74) is -0.151. The molecular weight excluding hydrogens is 284 g/mol. The Morgan fingerprint density at radius 1 is 1.18 bits per heavy atom. The van der Waals surface area contributed by atoms with E-state index in [0.29, 0.717) is 24.9 Å². The summed E-state index contributed by atoms with van der Waals surface area (Å²) < 4.78 is 17.3. The number of carbonyl (C=O) groups excluding carboxylic acids is 1. The minimum atomic E-state index is -0.151. The largest absolute Gasteiger partial charge is 0.381 e. The number of likely N-dealkylation sites (tertiary alicyclic amines) is 1. The highest BCUT2D eigenvalue weighted by molar-refractivity contribution is 5.75. The zero-order valence-electron chi connectivity index (χ0n) is 13.8. The van der Waals surface area contributed by atoms with Crippen molar-refractivity contribution in [2.75, 3.05) is 60.2 Å². The molecule has 0 aromatic rings. The molecule has 0 bridgehead atoms. The van der Waals surface area contributed by atoms with Crippen LogP contribution in [0.25, 0.3) is 0 Å². The second-order valence-electron chi connectivity index (χ2n) is 7.03. The minimum absolute atomic E-state index is 0.0722. The van der Waals surface area contributed by atoms with Crippen LogP contribution in [0, 0.1) is 11.8 Å². The molecule has 3 aliphatic rings. The normalized spacial score (nSPS) is 27.9. The predicted octanol–water partition coefficient (Wildman–Crippen LogP) is 1.20. The van der Waals surface area contributed by atoms with Crippen molar-refractivity contribution in [3.05, 3.63) is 0 Å². The van der Waals surface area contributed by atoms with E-state index < -0.39 is 0 Å². The predicted molar refractivity (Wildman–Crippen MR) is 81.8 cm³/mol. The number of ether oxygens (including phenoxy) is 3. The van der Waals surface area contributed by atoms with Crippen LogP contribution < -0.4 is 0 Å². The van der Waals surface area contributed by atoms with E-state index in [-0.39, 0.29) is 11.6 Å². The van der Waals surface area contributed by atoms with Crippen molar-refractivity contribution < 1.29 is 19.0 Å². The van der Waals surface area contributed by atoms with Crippen LogP contribution >= 0.6 is 0 Å². The molecule has 3 saturated heterocycles. The van der Waals surface area contributed by atoms with E-state index in [2.05, 4.69) is 0 Å². The minimum Gasteiger partial charge on any atom is -0.381 e. The lowest BCUT2D eigenvalue weighted by atomic mass is 9.81. The van der Waals surface area contributed by atoms with Crippen molar-refractivity contribution in [3.63, 3.8) is 0 Å². The summed E-state index contributed by atoms with van der Waals surface area (Å²) >= 11 is 0. The maximum Gasteiger partial charge on any atom is 0.319 e. The van der Waals surface area contributed by atoms with Crippen molar-refractivity contribution >= 4 is 6.03 Å². The maximum atomic E-state index is 11.9. The van der Waals surface area contributed by atoms with Gasteiger partial charge in [0, 0.05) is 46.4 Å². The molecule has 1 spiro atoms. The number of nitrogens with zero attached hydrogens (tertiary/aromatic N) is 2. The molecule has 1 atom stereocenters. The second kappa shape index (κ2) is 6.72. The third-order valence-electron chi connectivity index (χ3n) is 5.18. The van der Waals surface area contributed by atoms with Crippen molar-refractivity contribution in [2.24, 2.45) is 11.8 Å². The van der Waals surface area contributed by atoms with Gasteiger partial charge in [0.1, 0.15) is 5.60 Å². The number of amides is 2.